The molecular formula is C7H14O2. The molecule has 9 heavy (non-hydrogen) atoms. The second-order valence-electron chi connectivity index (χ2n) is 2.18. The van der Waals surface area contributed by atoms with Crippen molar-refractivity contribution in [3.63, 3.8) is 0 Å². The number of aliphatic hydroxyl groups excluding tert-OH is 1. The van der Waals surface area contributed by atoms with Crippen LogP contribution in [0.1, 0.15) is 20.3 Å². The number of aliphatic hydroxyl groups is 1. The lowest BCUT2D eigenvalue weighted by Crippen LogP contribution is -2.02. The molecule has 0 saturated heterocycles. The second kappa shape index (κ2) is 4.39. The maximum Gasteiger partial charge on any atom is 0.0926 e. The highest BCUT2D eigenvalue weighted by Crippen LogP contribution is 2.02. The minimum atomic E-state index is 0.117. The molecule has 1 N–H and O–H groups in total. The molecule has 0 aliphatic rings. The SMILES string of the molecule is C=C(CCO)OC(C)C. The van der Waals surface area contributed by atoms with E-state index in [1.165, 1.54) is 0 Å². The quantitative estimate of drug-likeness (QED) is 0.581. The minimum absolute atomic E-state index is 0.117. The van der Waals surface area contributed by atoms with E-state index in [1.807, 2.05) is 13.8 Å². The van der Waals surface area contributed by atoms with E-state index in [1.54, 1.807) is 0 Å². The van der Waals surface area contributed by atoms with E-state index in [2.05, 4.69) is 6.58 Å². The smallest absolute Gasteiger partial charge is 0.0926 e. The van der Waals surface area contributed by atoms with E-state index >= 15 is 0 Å². The van der Waals surface area contributed by atoms with Crippen LogP contribution >= 0.6 is 0 Å². The molecule has 0 aromatic carbocycles. The van der Waals surface area contributed by atoms with Gasteiger partial charge in [-0.3, -0.25) is 0 Å². The van der Waals surface area contributed by atoms with E-state index in [0.717, 1.165) is 0 Å². The summed E-state index contributed by atoms with van der Waals surface area (Å²) in [5.41, 5.74) is 0. The van der Waals surface area contributed by atoms with Gasteiger partial charge in [-0.05, 0) is 13.8 Å². The lowest BCUT2D eigenvalue weighted by molar-refractivity contribution is 0.130. The molecule has 0 fully saturated rings. The van der Waals surface area contributed by atoms with E-state index in [4.69, 9.17) is 9.84 Å². The van der Waals surface area contributed by atoms with Crippen LogP contribution in [0.2, 0.25) is 0 Å². The van der Waals surface area contributed by atoms with Crippen LogP contribution < -0.4 is 0 Å². The highest BCUT2D eigenvalue weighted by Gasteiger charge is 1.95. The molecule has 54 valence electrons. The minimum Gasteiger partial charge on any atom is -0.496 e. The van der Waals surface area contributed by atoms with Crippen LogP contribution in [0.25, 0.3) is 0 Å². The fraction of sp³-hybridized carbons (Fsp3) is 0.714. The van der Waals surface area contributed by atoms with Crippen molar-refractivity contribution >= 4 is 0 Å². The van der Waals surface area contributed by atoms with Crippen molar-refractivity contribution in [3.8, 4) is 0 Å². The first-order valence-electron chi connectivity index (χ1n) is 3.12. The average Bonchev–Trinajstić information content (AvgIpc) is 1.63. The first-order chi connectivity index (χ1) is 4.16. The van der Waals surface area contributed by atoms with Gasteiger partial charge in [-0.1, -0.05) is 6.58 Å². The summed E-state index contributed by atoms with van der Waals surface area (Å²) >= 11 is 0. The van der Waals surface area contributed by atoms with Gasteiger partial charge in [0, 0.05) is 6.42 Å². The van der Waals surface area contributed by atoms with Crippen molar-refractivity contribution in [2.24, 2.45) is 0 Å². The molecule has 0 amide bonds. The van der Waals surface area contributed by atoms with Crippen LogP contribution in [0.5, 0.6) is 0 Å². The highest BCUT2D eigenvalue weighted by molar-refractivity contribution is 4.81. The van der Waals surface area contributed by atoms with Gasteiger partial charge in [0.15, 0.2) is 0 Å². The molecule has 0 rings (SSSR count). The van der Waals surface area contributed by atoms with Crippen molar-refractivity contribution < 1.29 is 9.84 Å². The van der Waals surface area contributed by atoms with Crippen molar-refractivity contribution in [2.75, 3.05) is 6.61 Å². The fourth-order valence-corrected chi connectivity index (χ4v) is 0.517. The molecule has 0 aliphatic carbocycles. The Kier molecular flexibility index (Phi) is 4.14. The lowest BCUT2D eigenvalue weighted by Gasteiger charge is -2.10. The zero-order valence-electron chi connectivity index (χ0n) is 6.05. The summed E-state index contributed by atoms with van der Waals surface area (Å²) < 4.78 is 5.14. The molecular weight excluding hydrogens is 116 g/mol. The lowest BCUT2D eigenvalue weighted by atomic mass is 10.4. The van der Waals surface area contributed by atoms with E-state index in [0.29, 0.717) is 12.2 Å². The van der Waals surface area contributed by atoms with Crippen LogP contribution in [0.3, 0.4) is 0 Å². The number of hydrogen-bond donors (Lipinski definition) is 1. The molecule has 0 aromatic heterocycles. The molecule has 2 nitrogen and oxygen atoms in total. The van der Waals surface area contributed by atoms with Crippen molar-refractivity contribution in [1.82, 2.24) is 0 Å². The first-order valence-corrected chi connectivity index (χ1v) is 3.12. The van der Waals surface area contributed by atoms with Gasteiger partial charge >= 0.3 is 0 Å². The summed E-state index contributed by atoms with van der Waals surface area (Å²) in [5, 5.41) is 8.41. The number of rotatable bonds is 4. The normalized spacial score (nSPS) is 9.78. The maximum absolute atomic E-state index is 8.41. The van der Waals surface area contributed by atoms with Crippen LogP contribution in [0, 0.1) is 0 Å². The summed E-state index contributed by atoms with van der Waals surface area (Å²) in [6.45, 7) is 7.59. The van der Waals surface area contributed by atoms with Gasteiger partial charge in [0.25, 0.3) is 0 Å². The van der Waals surface area contributed by atoms with Crippen molar-refractivity contribution in [2.45, 2.75) is 26.4 Å². The molecule has 0 aliphatic heterocycles. The third-order valence-electron chi connectivity index (χ3n) is 0.793. The third-order valence-corrected chi connectivity index (χ3v) is 0.793. The predicted octanol–water partition coefficient (Wildman–Crippen LogP) is 1.31. The van der Waals surface area contributed by atoms with Gasteiger partial charge in [0.05, 0.1) is 18.5 Å². The largest absolute Gasteiger partial charge is 0.496 e. The molecule has 0 atom stereocenters. The molecule has 0 bridgehead atoms. The zero-order valence-corrected chi connectivity index (χ0v) is 6.05. The van der Waals surface area contributed by atoms with Crippen LogP contribution in [-0.2, 0) is 4.74 Å². The van der Waals surface area contributed by atoms with Crippen molar-refractivity contribution in [3.05, 3.63) is 12.3 Å². The van der Waals surface area contributed by atoms with Gasteiger partial charge in [0.1, 0.15) is 0 Å². The van der Waals surface area contributed by atoms with Crippen LogP contribution in [0.4, 0.5) is 0 Å². The van der Waals surface area contributed by atoms with Crippen molar-refractivity contribution in [1.29, 1.82) is 0 Å². The Balaban J connectivity index is 3.27. The zero-order chi connectivity index (χ0) is 7.28. The third kappa shape index (κ3) is 5.37. The Hall–Kier alpha value is -0.500. The Morgan fingerprint density at radius 3 is 2.56 bits per heavy atom. The molecule has 0 spiro atoms. The summed E-state index contributed by atoms with van der Waals surface area (Å²) in [7, 11) is 0. The first kappa shape index (κ1) is 8.50. The van der Waals surface area contributed by atoms with Crippen LogP contribution in [-0.4, -0.2) is 17.8 Å². The Morgan fingerprint density at radius 1 is 1.67 bits per heavy atom. The number of hydrogen-bond acceptors (Lipinski definition) is 2. The monoisotopic (exact) mass is 130 g/mol. The van der Waals surface area contributed by atoms with Gasteiger partial charge in [-0.15, -0.1) is 0 Å². The van der Waals surface area contributed by atoms with Crippen LogP contribution in [0.15, 0.2) is 12.3 Å². The topological polar surface area (TPSA) is 29.5 Å². The molecule has 0 heterocycles. The molecule has 0 aromatic rings. The van der Waals surface area contributed by atoms with Gasteiger partial charge < -0.3 is 9.84 Å². The Bertz CT molecular complexity index is 86.9. The highest BCUT2D eigenvalue weighted by atomic mass is 16.5. The van der Waals surface area contributed by atoms with Gasteiger partial charge in [0.2, 0.25) is 0 Å². The molecule has 0 saturated carbocycles. The van der Waals surface area contributed by atoms with E-state index < -0.39 is 0 Å². The summed E-state index contributed by atoms with van der Waals surface area (Å²) in [6, 6.07) is 0. The van der Waals surface area contributed by atoms with Gasteiger partial charge in [-0.2, -0.15) is 0 Å². The summed E-state index contributed by atoms with van der Waals surface area (Å²) in [6.07, 6.45) is 0.710. The maximum atomic E-state index is 8.41. The number of ether oxygens (including phenoxy) is 1. The second-order valence-corrected chi connectivity index (χ2v) is 2.18. The molecule has 0 unspecified atom stereocenters. The molecule has 2 heteroatoms. The van der Waals surface area contributed by atoms with E-state index in [-0.39, 0.29) is 12.7 Å². The predicted molar refractivity (Wildman–Crippen MR) is 37.1 cm³/mol. The summed E-state index contributed by atoms with van der Waals surface area (Å²) in [4.78, 5) is 0. The average molecular weight is 130 g/mol. The molecule has 0 radical (unpaired) electrons. The Morgan fingerprint density at radius 2 is 2.22 bits per heavy atom. The Labute approximate surface area is 56.1 Å². The summed E-state index contributed by atoms with van der Waals surface area (Å²) in [5.74, 6) is 0.660. The van der Waals surface area contributed by atoms with E-state index in [9.17, 15) is 0 Å². The van der Waals surface area contributed by atoms with Gasteiger partial charge in [-0.25, -0.2) is 0 Å². The fourth-order valence-electron chi connectivity index (χ4n) is 0.517. The standard InChI is InChI=1S/C7H14O2/c1-6(2)9-7(3)4-5-8/h6,8H,3-5H2,1-2H3.